The van der Waals surface area contributed by atoms with Gasteiger partial charge in [-0.15, -0.1) is 0 Å². The first kappa shape index (κ1) is 11.6. The Morgan fingerprint density at radius 2 is 1.58 bits per heavy atom. The fraction of sp³-hybridized carbons (Fsp3) is 1.00. The van der Waals surface area contributed by atoms with Gasteiger partial charge in [0.15, 0.2) is 0 Å². The number of hydrogen-bond donors (Lipinski definition) is 1. The van der Waals surface area contributed by atoms with Gasteiger partial charge in [-0.05, 0) is 0 Å². The van der Waals surface area contributed by atoms with E-state index in [9.17, 15) is 17.6 Å². The number of aliphatic hydroxyl groups excluding tert-OH is 1. The van der Waals surface area contributed by atoms with E-state index >= 15 is 0 Å². The zero-order chi connectivity index (χ0) is 9.99. The Labute approximate surface area is 65.9 Å². The van der Waals surface area contributed by atoms with Gasteiger partial charge in [-0.25, -0.2) is 0 Å². The van der Waals surface area contributed by atoms with Crippen molar-refractivity contribution < 1.29 is 32.1 Å². The number of ether oxygens (including phenoxy) is 2. The summed E-state index contributed by atoms with van der Waals surface area (Å²) in [6, 6.07) is 0. The molecule has 0 aliphatic rings. The Kier molecular flexibility index (Phi) is 3.43. The summed E-state index contributed by atoms with van der Waals surface area (Å²) < 4.78 is 55.4. The van der Waals surface area contributed by atoms with Crippen molar-refractivity contribution in [3.8, 4) is 0 Å². The van der Waals surface area contributed by atoms with E-state index in [2.05, 4.69) is 9.47 Å². The van der Waals surface area contributed by atoms with Crippen molar-refractivity contribution in [2.45, 2.75) is 18.3 Å². The van der Waals surface area contributed by atoms with Gasteiger partial charge in [0.2, 0.25) is 6.29 Å². The molecular weight excluding hydrogens is 184 g/mol. The first-order valence-corrected chi connectivity index (χ1v) is 2.81. The summed E-state index contributed by atoms with van der Waals surface area (Å²) in [7, 11) is 1.21. The SMILES string of the molecule is COC(O)C(F)(OC)C(F)(F)F. The lowest BCUT2D eigenvalue weighted by atomic mass is 10.3. The summed E-state index contributed by atoms with van der Waals surface area (Å²) in [6.45, 7) is 0. The van der Waals surface area contributed by atoms with Gasteiger partial charge < -0.3 is 14.6 Å². The third-order valence-electron chi connectivity index (χ3n) is 1.22. The van der Waals surface area contributed by atoms with Crippen molar-refractivity contribution in [2.75, 3.05) is 14.2 Å². The van der Waals surface area contributed by atoms with Crippen molar-refractivity contribution in [1.82, 2.24) is 0 Å². The molecule has 0 aromatic carbocycles. The molecule has 0 saturated heterocycles. The van der Waals surface area contributed by atoms with Crippen LogP contribution >= 0.6 is 0 Å². The van der Waals surface area contributed by atoms with E-state index in [1.54, 1.807) is 0 Å². The lowest BCUT2D eigenvalue weighted by Crippen LogP contribution is -2.53. The third kappa shape index (κ3) is 1.85. The van der Waals surface area contributed by atoms with E-state index < -0.39 is 18.3 Å². The average Bonchev–Trinajstić information content (AvgIpc) is 1.99. The molecule has 2 atom stereocenters. The van der Waals surface area contributed by atoms with Gasteiger partial charge in [0.05, 0.1) is 0 Å². The smallest absolute Gasteiger partial charge is 0.363 e. The second-order valence-electron chi connectivity index (χ2n) is 1.93. The summed E-state index contributed by atoms with van der Waals surface area (Å²) in [5, 5.41) is 8.47. The predicted molar refractivity (Wildman–Crippen MR) is 29.9 cm³/mol. The molecule has 0 bridgehead atoms. The van der Waals surface area contributed by atoms with Crippen molar-refractivity contribution >= 4 is 0 Å². The van der Waals surface area contributed by atoms with Gasteiger partial charge in [0.25, 0.3) is 0 Å². The predicted octanol–water partition coefficient (Wildman–Crippen LogP) is 0.826. The maximum atomic E-state index is 12.7. The van der Waals surface area contributed by atoms with E-state index in [1.165, 1.54) is 0 Å². The molecule has 1 N–H and O–H groups in total. The van der Waals surface area contributed by atoms with Crippen LogP contribution in [0.15, 0.2) is 0 Å². The molecule has 2 unspecified atom stereocenters. The summed E-state index contributed by atoms with van der Waals surface area (Å²) in [5.74, 6) is -4.18. The second kappa shape index (κ2) is 3.55. The van der Waals surface area contributed by atoms with Gasteiger partial charge in [0, 0.05) is 14.2 Å². The number of hydrogen-bond acceptors (Lipinski definition) is 3. The summed E-state index contributed by atoms with van der Waals surface area (Å²) in [4.78, 5) is 0. The van der Waals surface area contributed by atoms with E-state index in [4.69, 9.17) is 5.11 Å². The minimum absolute atomic E-state index is 0.482. The molecule has 0 aliphatic carbocycles. The Balaban J connectivity index is 4.67. The molecule has 0 rings (SSSR count). The van der Waals surface area contributed by atoms with Gasteiger partial charge in [-0.3, -0.25) is 0 Å². The topological polar surface area (TPSA) is 38.7 Å². The van der Waals surface area contributed by atoms with E-state index in [1.807, 2.05) is 0 Å². The van der Waals surface area contributed by atoms with Crippen molar-refractivity contribution in [2.24, 2.45) is 0 Å². The van der Waals surface area contributed by atoms with Crippen LogP contribution in [0.5, 0.6) is 0 Å². The number of methoxy groups -OCH3 is 2. The molecule has 12 heavy (non-hydrogen) atoms. The highest BCUT2D eigenvalue weighted by Gasteiger charge is 2.62. The minimum atomic E-state index is -5.34. The Morgan fingerprint density at radius 1 is 1.17 bits per heavy atom. The number of aliphatic hydroxyl groups is 1. The van der Waals surface area contributed by atoms with Crippen molar-refractivity contribution in [3.05, 3.63) is 0 Å². The first-order valence-electron chi connectivity index (χ1n) is 2.81. The second-order valence-corrected chi connectivity index (χ2v) is 1.93. The molecule has 0 aromatic rings. The molecular formula is C5H8F4O3. The standard InChI is InChI=1S/C5H8F4O3/c1-11-3(10)4(6,12-2)5(7,8)9/h3,10H,1-2H3. The number of halogens is 4. The third-order valence-corrected chi connectivity index (χ3v) is 1.22. The molecule has 0 spiro atoms. The minimum Gasteiger partial charge on any atom is -0.363 e. The van der Waals surface area contributed by atoms with Gasteiger partial charge in [-0.2, -0.15) is 17.6 Å². The molecule has 0 fully saturated rings. The number of rotatable bonds is 3. The highest BCUT2D eigenvalue weighted by atomic mass is 19.4. The van der Waals surface area contributed by atoms with Gasteiger partial charge in [0.1, 0.15) is 0 Å². The molecule has 0 amide bonds. The molecule has 0 saturated carbocycles. The van der Waals surface area contributed by atoms with E-state index in [-0.39, 0.29) is 0 Å². The highest BCUT2D eigenvalue weighted by molar-refractivity contribution is 4.79. The van der Waals surface area contributed by atoms with Crippen LogP contribution < -0.4 is 0 Å². The molecule has 0 aromatic heterocycles. The largest absolute Gasteiger partial charge is 0.453 e. The van der Waals surface area contributed by atoms with Crippen LogP contribution in [0.1, 0.15) is 0 Å². The quantitative estimate of drug-likeness (QED) is 0.531. The fourth-order valence-corrected chi connectivity index (χ4v) is 0.508. The molecule has 3 nitrogen and oxygen atoms in total. The zero-order valence-corrected chi connectivity index (χ0v) is 6.35. The van der Waals surface area contributed by atoms with Gasteiger partial charge >= 0.3 is 12.0 Å². The van der Waals surface area contributed by atoms with Gasteiger partial charge in [-0.1, -0.05) is 0 Å². The van der Waals surface area contributed by atoms with Crippen LogP contribution in [0.2, 0.25) is 0 Å². The summed E-state index contributed by atoms with van der Waals surface area (Å²) in [6.07, 6.45) is -8.03. The summed E-state index contributed by atoms with van der Waals surface area (Å²) >= 11 is 0. The maximum absolute atomic E-state index is 12.7. The van der Waals surface area contributed by atoms with Crippen LogP contribution in [0.4, 0.5) is 17.6 Å². The van der Waals surface area contributed by atoms with Crippen molar-refractivity contribution in [3.63, 3.8) is 0 Å². The molecule has 0 radical (unpaired) electrons. The van der Waals surface area contributed by atoms with E-state index in [0.717, 1.165) is 7.11 Å². The molecule has 0 aliphatic heterocycles. The van der Waals surface area contributed by atoms with Crippen LogP contribution in [0.3, 0.4) is 0 Å². The fourth-order valence-electron chi connectivity index (χ4n) is 0.508. The molecule has 7 heteroatoms. The Bertz CT molecular complexity index is 148. The Morgan fingerprint density at radius 3 is 1.67 bits per heavy atom. The van der Waals surface area contributed by atoms with Crippen LogP contribution in [0.25, 0.3) is 0 Å². The Hall–Kier alpha value is -0.400. The monoisotopic (exact) mass is 192 g/mol. The zero-order valence-electron chi connectivity index (χ0n) is 6.35. The van der Waals surface area contributed by atoms with Crippen molar-refractivity contribution in [1.29, 1.82) is 0 Å². The van der Waals surface area contributed by atoms with E-state index in [0.29, 0.717) is 7.11 Å². The molecule has 0 heterocycles. The lowest BCUT2D eigenvalue weighted by molar-refractivity contribution is -0.389. The maximum Gasteiger partial charge on any atom is 0.453 e. The average molecular weight is 192 g/mol. The van der Waals surface area contributed by atoms with Crippen LogP contribution in [-0.4, -0.2) is 37.6 Å². The van der Waals surface area contributed by atoms with Crippen LogP contribution in [0, 0.1) is 0 Å². The first-order chi connectivity index (χ1) is 5.29. The normalized spacial score (nSPS) is 20.2. The number of alkyl halides is 4. The summed E-state index contributed by atoms with van der Waals surface area (Å²) in [5.41, 5.74) is 0. The lowest BCUT2D eigenvalue weighted by Gasteiger charge is -2.29. The molecule has 74 valence electrons. The van der Waals surface area contributed by atoms with Crippen LogP contribution in [-0.2, 0) is 9.47 Å². The highest BCUT2D eigenvalue weighted by Crippen LogP contribution is 2.37.